The molecule has 4 heteroatoms. The number of carbonyl (C=O) groups excluding carboxylic acids is 2. The van der Waals surface area contributed by atoms with Crippen LogP contribution < -0.4 is 5.73 Å². The summed E-state index contributed by atoms with van der Waals surface area (Å²) in [7, 11) is 0. The van der Waals surface area contributed by atoms with Gasteiger partial charge in [-0.2, -0.15) is 12.6 Å². The maximum atomic E-state index is 11.5. The highest BCUT2D eigenvalue weighted by Gasteiger charge is 2.10. The summed E-state index contributed by atoms with van der Waals surface area (Å²) in [5.74, 6) is 0.614. The highest BCUT2D eigenvalue weighted by atomic mass is 32.1. The molecular formula is C19H37NO2S. The van der Waals surface area contributed by atoms with Crippen LogP contribution in [0.3, 0.4) is 0 Å². The number of aldehydes is 1. The summed E-state index contributed by atoms with van der Waals surface area (Å²) in [6.45, 7) is 0. The van der Waals surface area contributed by atoms with Gasteiger partial charge in [0.05, 0.1) is 6.04 Å². The third kappa shape index (κ3) is 16.3. The van der Waals surface area contributed by atoms with E-state index in [-0.39, 0.29) is 11.8 Å². The van der Waals surface area contributed by atoms with Gasteiger partial charge in [0.1, 0.15) is 12.1 Å². The van der Waals surface area contributed by atoms with Crippen LogP contribution in [0.5, 0.6) is 0 Å². The molecule has 0 saturated heterocycles. The van der Waals surface area contributed by atoms with Crippen LogP contribution in [0.4, 0.5) is 0 Å². The van der Waals surface area contributed by atoms with E-state index in [1.54, 1.807) is 0 Å². The Bertz CT molecular complexity index is 285. The first-order chi connectivity index (χ1) is 11.2. The van der Waals surface area contributed by atoms with Crippen LogP contribution in [-0.4, -0.2) is 23.9 Å². The molecular weight excluding hydrogens is 306 g/mol. The molecule has 0 aliphatic heterocycles. The van der Waals surface area contributed by atoms with Crippen molar-refractivity contribution in [3.63, 3.8) is 0 Å². The first kappa shape index (κ1) is 22.6. The van der Waals surface area contributed by atoms with E-state index >= 15 is 0 Å². The second-order valence-corrected chi connectivity index (χ2v) is 6.92. The van der Waals surface area contributed by atoms with Gasteiger partial charge in [-0.3, -0.25) is 4.79 Å². The van der Waals surface area contributed by atoms with Crippen LogP contribution in [0.25, 0.3) is 0 Å². The number of unbranched alkanes of at least 4 members (excludes halogenated alkanes) is 13. The van der Waals surface area contributed by atoms with Crippen LogP contribution in [0, 0.1) is 0 Å². The lowest BCUT2D eigenvalue weighted by atomic mass is 10.0. The maximum absolute atomic E-state index is 11.5. The van der Waals surface area contributed by atoms with Crippen LogP contribution in [0.1, 0.15) is 96.3 Å². The van der Waals surface area contributed by atoms with Crippen LogP contribution in [-0.2, 0) is 9.59 Å². The quantitative estimate of drug-likeness (QED) is 0.212. The Kier molecular flexibility index (Phi) is 17.7. The van der Waals surface area contributed by atoms with Crippen molar-refractivity contribution in [1.82, 2.24) is 0 Å². The van der Waals surface area contributed by atoms with Crippen molar-refractivity contribution in [3.8, 4) is 0 Å². The Morgan fingerprint density at radius 2 is 1.17 bits per heavy atom. The summed E-state index contributed by atoms with van der Waals surface area (Å²) in [6, 6.07) is -0.372. The average molecular weight is 344 g/mol. The van der Waals surface area contributed by atoms with Crippen LogP contribution in [0.2, 0.25) is 0 Å². The molecule has 0 aromatic heterocycles. The molecule has 0 aromatic rings. The number of thiol groups is 1. The van der Waals surface area contributed by atoms with Gasteiger partial charge in [-0.05, 0) is 12.8 Å². The summed E-state index contributed by atoms with van der Waals surface area (Å²) in [5.41, 5.74) is 5.64. The topological polar surface area (TPSA) is 60.2 Å². The molecule has 136 valence electrons. The summed E-state index contributed by atoms with van der Waals surface area (Å²) in [4.78, 5) is 21.7. The summed E-state index contributed by atoms with van der Waals surface area (Å²) in [5, 5.41) is 0. The predicted octanol–water partition coefficient (Wildman–Crippen LogP) is 4.86. The number of nitrogens with two attached hydrogens (primary N) is 1. The SMILES string of the molecule is N[C@@H](CS)C(=O)CCCCCCCCCCCCCCCC=O. The zero-order chi connectivity index (χ0) is 17.2. The van der Waals surface area contributed by atoms with E-state index in [1.165, 1.54) is 64.2 Å². The van der Waals surface area contributed by atoms with Crippen molar-refractivity contribution in [2.45, 2.75) is 102 Å². The number of hydrogen-bond acceptors (Lipinski definition) is 4. The maximum Gasteiger partial charge on any atom is 0.150 e. The standard InChI is InChI=1S/C19H37NO2S/c20-18(17-23)19(22)15-13-11-9-7-5-3-1-2-4-6-8-10-12-14-16-21/h16,18,23H,1-15,17,20H2/t18-/m0/s1. The number of hydrogen-bond donors (Lipinski definition) is 2. The van der Waals surface area contributed by atoms with Gasteiger partial charge in [0, 0.05) is 18.6 Å². The van der Waals surface area contributed by atoms with Crippen molar-refractivity contribution >= 4 is 24.7 Å². The zero-order valence-electron chi connectivity index (χ0n) is 14.8. The number of Topliss-reactive ketones (excluding diaryl/α,β-unsaturated/α-hetero) is 1. The first-order valence-corrected chi connectivity index (χ1v) is 10.2. The molecule has 0 radical (unpaired) electrons. The predicted molar refractivity (Wildman–Crippen MR) is 102 cm³/mol. The van der Waals surface area contributed by atoms with Gasteiger partial charge >= 0.3 is 0 Å². The fraction of sp³-hybridized carbons (Fsp3) is 0.895. The average Bonchev–Trinajstić information content (AvgIpc) is 2.57. The molecule has 0 aliphatic rings. The lowest BCUT2D eigenvalue weighted by Crippen LogP contribution is -2.31. The molecule has 0 unspecified atom stereocenters. The van der Waals surface area contributed by atoms with E-state index in [1.807, 2.05) is 0 Å². The normalized spacial score (nSPS) is 12.3. The molecule has 1 atom stereocenters. The summed E-state index contributed by atoms with van der Waals surface area (Å²) < 4.78 is 0. The fourth-order valence-electron chi connectivity index (χ4n) is 2.76. The van der Waals surface area contributed by atoms with E-state index in [0.717, 1.165) is 32.0 Å². The van der Waals surface area contributed by atoms with E-state index in [0.29, 0.717) is 12.2 Å². The molecule has 0 amide bonds. The minimum absolute atomic E-state index is 0.158. The third-order valence-corrected chi connectivity index (χ3v) is 4.75. The Morgan fingerprint density at radius 1 is 0.783 bits per heavy atom. The van der Waals surface area contributed by atoms with Crippen molar-refractivity contribution in [1.29, 1.82) is 0 Å². The molecule has 0 spiro atoms. The van der Waals surface area contributed by atoms with Gasteiger partial charge in [-0.1, -0.05) is 70.6 Å². The Labute approximate surface area is 148 Å². The third-order valence-electron chi connectivity index (χ3n) is 4.36. The lowest BCUT2D eigenvalue weighted by Gasteiger charge is -2.06. The smallest absolute Gasteiger partial charge is 0.150 e. The largest absolute Gasteiger partial charge is 0.321 e. The lowest BCUT2D eigenvalue weighted by molar-refractivity contribution is -0.120. The van der Waals surface area contributed by atoms with Gasteiger partial charge < -0.3 is 10.5 Å². The van der Waals surface area contributed by atoms with Crippen molar-refractivity contribution in [2.24, 2.45) is 5.73 Å². The first-order valence-electron chi connectivity index (χ1n) is 9.55. The molecule has 0 fully saturated rings. The Balaban J connectivity index is 3.11. The molecule has 0 aromatic carbocycles. The molecule has 0 saturated carbocycles. The minimum Gasteiger partial charge on any atom is -0.321 e. The Hall–Kier alpha value is -0.350. The Morgan fingerprint density at radius 3 is 1.57 bits per heavy atom. The number of ketones is 1. The molecule has 23 heavy (non-hydrogen) atoms. The molecule has 3 nitrogen and oxygen atoms in total. The van der Waals surface area contributed by atoms with Gasteiger partial charge in [0.2, 0.25) is 0 Å². The van der Waals surface area contributed by atoms with E-state index in [4.69, 9.17) is 5.73 Å². The molecule has 0 aliphatic carbocycles. The zero-order valence-corrected chi connectivity index (χ0v) is 15.7. The number of carbonyl (C=O) groups is 2. The van der Waals surface area contributed by atoms with Crippen LogP contribution >= 0.6 is 12.6 Å². The van der Waals surface area contributed by atoms with E-state index in [9.17, 15) is 9.59 Å². The summed E-state index contributed by atoms with van der Waals surface area (Å²) >= 11 is 4.05. The number of rotatable bonds is 18. The van der Waals surface area contributed by atoms with Crippen molar-refractivity contribution in [2.75, 3.05) is 5.75 Å². The van der Waals surface area contributed by atoms with Crippen LogP contribution in [0.15, 0.2) is 0 Å². The van der Waals surface area contributed by atoms with Crippen molar-refractivity contribution < 1.29 is 9.59 Å². The minimum atomic E-state index is -0.372. The van der Waals surface area contributed by atoms with Crippen molar-refractivity contribution in [3.05, 3.63) is 0 Å². The van der Waals surface area contributed by atoms with Gasteiger partial charge in [0.15, 0.2) is 0 Å². The van der Waals surface area contributed by atoms with Gasteiger partial charge in [-0.15, -0.1) is 0 Å². The second-order valence-electron chi connectivity index (χ2n) is 6.56. The molecule has 2 N–H and O–H groups in total. The fourth-order valence-corrected chi connectivity index (χ4v) is 2.96. The molecule has 0 bridgehead atoms. The highest BCUT2D eigenvalue weighted by Crippen LogP contribution is 2.13. The molecule has 0 heterocycles. The monoisotopic (exact) mass is 343 g/mol. The molecule has 0 rings (SSSR count). The summed E-state index contributed by atoms with van der Waals surface area (Å²) in [6.07, 6.45) is 18.6. The second kappa shape index (κ2) is 18.0. The van der Waals surface area contributed by atoms with Gasteiger partial charge in [0.25, 0.3) is 0 Å². The van der Waals surface area contributed by atoms with E-state index in [2.05, 4.69) is 12.6 Å². The van der Waals surface area contributed by atoms with E-state index < -0.39 is 0 Å². The van der Waals surface area contributed by atoms with Gasteiger partial charge in [-0.25, -0.2) is 0 Å². The highest BCUT2D eigenvalue weighted by molar-refractivity contribution is 7.80.